The minimum Gasteiger partial charge on any atom is -0.379 e. The first-order valence-corrected chi connectivity index (χ1v) is 10.5. The number of imidazole rings is 1. The van der Waals surface area contributed by atoms with Gasteiger partial charge in [-0.15, -0.1) is 0 Å². The van der Waals surface area contributed by atoms with Crippen molar-refractivity contribution in [1.82, 2.24) is 19.9 Å². The summed E-state index contributed by atoms with van der Waals surface area (Å²) in [6.45, 7) is 3.89. The Morgan fingerprint density at radius 1 is 1.06 bits per heavy atom. The zero-order valence-corrected chi connectivity index (χ0v) is 17.3. The molecular weight excluding hydrogens is 409 g/mol. The predicted octanol–water partition coefficient (Wildman–Crippen LogP) is 3.85. The van der Waals surface area contributed by atoms with Crippen LogP contribution in [0.15, 0.2) is 60.7 Å². The largest absolute Gasteiger partial charge is 0.379 e. The second kappa shape index (κ2) is 8.86. The van der Waals surface area contributed by atoms with Crippen molar-refractivity contribution >= 4 is 22.8 Å². The van der Waals surface area contributed by atoms with Gasteiger partial charge in [0.25, 0.3) is 5.91 Å². The molecule has 0 spiro atoms. The summed E-state index contributed by atoms with van der Waals surface area (Å²) in [5.41, 5.74) is 3.14. The van der Waals surface area contributed by atoms with Crippen LogP contribution >= 0.6 is 0 Å². The number of carbonyl (C=O) groups excluding carboxylic acids is 1. The average Bonchev–Trinajstić information content (AvgIpc) is 3.24. The average molecular weight is 431 g/mol. The number of aromatic nitrogens is 3. The molecule has 1 aliphatic rings. The van der Waals surface area contributed by atoms with Gasteiger partial charge < -0.3 is 15.0 Å². The van der Waals surface area contributed by atoms with Crippen molar-refractivity contribution in [1.29, 1.82) is 0 Å². The van der Waals surface area contributed by atoms with Gasteiger partial charge in [0, 0.05) is 25.2 Å². The first-order chi connectivity index (χ1) is 15.7. The molecule has 0 aliphatic carbocycles. The van der Waals surface area contributed by atoms with Crippen LogP contribution in [0.5, 0.6) is 0 Å². The van der Waals surface area contributed by atoms with Crippen molar-refractivity contribution in [3.63, 3.8) is 0 Å². The molecule has 3 heterocycles. The molecule has 1 amide bonds. The van der Waals surface area contributed by atoms with Crippen molar-refractivity contribution in [2.75, 3.05) is 31.6 Å². The third-order valence-electron chi connectivity index (χ3n) is 5.39. The molecule has 0 saturated carbocycles. The van der Waals surface area contributed by atoms with E-state index in [0.29, 0.717) is 40.3 Å². The summed E-state index contributed by atoms with van der Waals surface area (Å²) in [6, 6.07) is 17.1. The van der Waals surface area contributed by atoms with Crippen LogP contribution in [-0.4, -0.2) is 52.1 Å². The van der Waals surface area contributed by atoms with Gasteiger partial charge in [0.1, 0.15) is 23.0 Å². The Kier molecular flexibility index (Phi) is 5.62. The molecule has 0 atom stereocenters. The second-order valence-corrected chi connectivity index (χ2v) is 7.65. The highest BCUT2D eigenvalue weighted by molar-refractivity contribution is 6.11. The van der Waals surface area contributed by atoms with Crippen LogP contribution in [0.25, 0.3) is 22.4 Å². The fraction of sp³-hybridized carbons (Fsp3) is 0.208. The first kappa shape index (κ1) is 20.3. The molecule has 2 N–H and O–H groups in total. The van der Waals surface area contributed by atoms with Crippen LogP contribution < -0.4 is 5.32 Å². The molecular formula is C24H22FN5O2. The number of nitrogens with zero attached hydrogens (tertiary/aromatic N) is 3. The molecule has 0 radical (unpaired) electrons. The predicted molar refractivity (Wildman–Crippen MR) is 120 cm³/mol. The number of rotatable bonds is 5. The van der Waals surface area contributed by atoms with Gasteiger partial charge in [-0.05, 0) is 36.4 Å². The van der Waals surface area contributed by atoms with E-state index in [1.165, 1.54) is 12.1 Å². The fourth-order valence-corrected chi connectivity index (χ4v) is 3.80. The minimum atomic E-state index is -0.344. The number of ether oxygens (including phenoxy) is 1. The van der Waals surface area contributed by atoms with Crippen LogP contribution in [-0.2, 0) is 11.3 Å². The Morgan fingerprint density at radius 3 is 2.72 bits per heavy atom. The number of para-hydroxylation sites is 1. The minimum absolute atomic E-state index is 0.302. The number of amides is 1. The van der Waals surface area contributed by atoms with E-state index in [0.717, 1.165) is 32.0 Å². The Labute approximate surface area is 184 Å². The maximum absolute atomic E-state index is 13.6. The van der Waals surface area contributed by atoms with Gasteiger partial charge in [-0.25, -0.2) is 14.4 Å². The molecule has 1 fully saturated rings. The van der Waals surface area contributed by atoms with E-state index < -0.39 is 0 Å². The Bertz CT molecular complexity index is 1270. The van der Waals surface area contributed by atoms with Gasteiger partial charge >= 0.3 is 0 Å². The van der Waals surface area contributed by atoms with Crippen molar-refractivity contribution in [3.8, 4) is 11.4 Å². The SMILES string of the molecule is O=C(Nc1cccc(CN2CCOCC2)n1)c1cccc2[nH]c(-c3cccc(F)c3)nc12. The number of morpholine rings is 1. The lowest BCUT2D eigenvalue weighted by molar-refractivity contribution is 0.0337. The number of benzene rings is 2. The van der Waals surface area contributed by atoms with E-state index in [-0.39, 0.29) is 11.7 Å². The highest BCUT2D eigenvalue weighted by Gasteiger charge is 2.16. The molecule has 2 aromatic heterocycles. The standard InChI is InChI=1S/C24H22FN5O2/c25-17-5-1-4-16(14-17)23-27-20-8-3-7-19(22(20)29-23)24(31)28-21-9-2-6-18(26-21)15-30-10-12-32-13-11-30/h1-9,14H,10-13,15H2,(H,27,29)(H,26,28,31). The van der Waals surface area contributed by atoms with Gasteiger partial charge in [0.2, 0.25) is 0 Å². The number of H-pyrrole nitrogens is 1. The quantitative estimate of drug-likeness (QED) is 0.502. The lowest BCUT2D eigenvalue weighted by atomic mass is 10.1. The van der Waals surface area contributed by atoms with Gasteiger partial charge in [-0.1, -0.05) is 24.3 Å². The number of fused-ring (bicyclic) bond motifs is 1. The van der Waals surface area contributed by atoms with E-state index in [4.69, 9.17) is 4.74 Å². The monoisotopic (exact) mass is 431 g/mol. The summed E-state index contributed by atoms with van der Waals surface area (Å²) in [5, 5.41) is 2.88. The molecule has 7 nitrogen and oxygen atoms in total. The van der Waals surface area contributed by atoms with Crippen LogP contribution in [0.2, 0.25) is 0 Å². The zero-order chi connectivity index (χ0) is 21.9. The van der Waals surface area contributed by atoms with Crippen LogP contribution in [0.3, 0.4) is 0 Å². The first-order valence-electron chi connectivity index (χ1n) is 10.5. The van der Waals surface area contributed by atoms with Crippen molar-refractivity contribution < 1.29 is 13.9 Å². The fourth-order valence-electron chi connectivity index (χ4n) is 3.80. The van der Waals surface area contributed by atoms with Gasteiger partial charge in [0.05, 0.1) is 30.0 Å². The van der Waals surface area contributed by atoms with Gasteiger partial charge in [0.15, 0.2) is 0 Å². The maximum atomic E-state index is 13.6. The number of hydrogen-bond acceptors (Lipinski definition) is 5. The molecule has 1 saturated heterocycles. The summed E-state index contributed by atoms with van der Waals surface area (Å²) in [6.07, 6.45) is 0. The number of carbonyl (C=O) groups is 1. The Morgan fingerprint density at radius 2 is 1.88 bits per heavy atom. The van der Waals surface area contributed by atoms with Gasteiger partial charge in [-0.2, -0.15) is 0 Å². The van der Waals surface area contributed by atoms with Crippen LogP contribution in [0, 0.1) is 5.82 Å². The van der Waals surface area contributed by atoms with E-state index >= 15 is 0 Å². The molecule has 0 bridgehead atoms. The number of pyridine rings is 1. The summed E-state index contributed by atoms with van der Waals surface area (Å²) < 4.78 is 19.0. The molecule has 2 aromatic carbocycles. The summed E-state index contributed by atoms with van der Waals surface area (Å²) in [5.74, 6) is 0.344. The normalized spacial score (nSPS) is 14.5. The van der Waals surface area contributed by atoms with Crippen molar-refractivity contribution in [3.05, 3.63) is 77.7 Å². The number of anilines is 1. The summed E-state index contributed by atoms with van der Waals surface area (Å²) in [4.78, 5) is 27.6. The molecule has 0 unspecified atom stereocenters. The molecule has 32 heavy (non-hydrogen) atoms. The van der Waals surface area contributed by atoms with Crippen LogP contribution in [0.4, 0.5) is 10.2 Å². The van der Waals surface area contributed by atoms with E-state index in [2.05, 4.69) is 25.2 Å². The Balaban J connectivity index is 1.37. The Hall–Kier alpha value is -3.62. The number of halogens is 1. The van der Waals surface area contributed by atoms with Crippen molar-refractivity contribution in [2.45, 2.75) is 6.54 Å². The topological polar surface area (TPSA) is 83.1 Å². The highest BCUT2D eigenvalue weighted by atomic mass is 19.1. The zero-order valence-electron chi connectivity index (χ0n) is 17.3. The van der Waals surface area contributed by atoms with E-state index in [1.54, 1.807) is 30.3 Å². The highest BCUT2D eigenvalue weighted by Crippen LogP contribution is 2.24. The lowest BCUT2D eigenvalue weighted by Crippen LogP contribution is -2.35. The van der Waals surface area contributed by atoms with E-state index in [1.807, 2.05) is 18.2 Å². The van der Waals surface area contributed by atoms with Gasteiger partial charge in [-0.3, -0.25) is 9.69 Å². The maximum Gasteiger partial charge on any atom is 0.259 e. The van der Waals surface area contributed by atoms with Crippen LogP contribution in [0.1, 0.15) is 16.1 Å². The summed E-state index contributed by atoms with van der Waals surface area (Å²) in [7, 11) is 0. The molecule has 162 valence electrons. The third-order valence-corrected chi connectivity index (χ3v) is 5.39. The number of hydrogen-bond donors (Lipinski definition) is 2. The van der Waals surface area contributed by atoms with E-state index in [9.17, 15) is 9.18 Å². The number of nitrogens with one attached hydrogen (secondary N) is 2. The lowest BCUT2D eigenvalue weighted by Gasteiger charge is -2.26. The second-order valence-electron chi connectivity index (χ2n) is 7.65. The molecule has 1 aliphatic heterocycles. The molecule has 5 rings (SSSR count). The third kappa shape index (κ3) is 4.37. The number of aromatic amines is 1. The molecule has 4 aromatic rings. The smallest absolute Gasteiger partial charge is 0.259 e. The molecule has 8 heteroatoms. The van der Waals surface area contributed by atoms with Crippen molar-refractivity contribution in [2.24, 2.45) is 0 Å². The summed E-state index contributed by atoms with van der Waals surface area (Å²) >= 11 is 0.